The number of aromatic amines is 1. The molecule has 5 nitrogen and oxygen atoms in total. The van der Waals surface area contributed by atoms with E-state index in [1.54, 1.807) is 12.3 Å². The van der Waals surface area contributed by atoms with Gasteiger partial charge in [-0.2, -0.15) is 0 Å². The molecule has 2 aliphatic heterocycles. The monoisotopic (exact) mass is 413 g/mol. The first kappa shape index (κ1) is 20.7. The average molecular weight is 414 g/mol. The van der Waals surface area contributed by atoms with Gasteiger partial charge in [0.25, 0.3) is 11.8 Å². The van der Waals surface area contributed by atoms with Gasteiger partial charge in [0.15, 0.2) is 0 Å². The quantitative estimate of drug-likeness (QED) is 0.579. The molecule has 0 atom stereocenters. The maximum atomic E-state index is 12.9. The Morgan fingerprint density at radius 3 is 2.55 bits per heavy atom. The van der Waals surface area contributed by atoms with Crippen molar-refractivity contribution in [2.45, 2.75) is 40.2 Å². The number of allylic oxidation sites excluding steroid dienone is 1. The Kier molecular flexibility index (Phi) is 5.51. The first-order chi connectivity index (χ1) is 15.1. The number of hydrogen-bond donors (Lipinski definition) is 2. The van der Waals surface area contributed by atoms with Gasteiger partial charge in [-0.25, -0.2) is 0 Å². The number of amides is 2. The standard InChI is InChI=1S/C24H21N3O2.C2H6/c1-3-7-15-17(12-25-19(15)4-2)20-21(24(29)26-23(20)28)18-13-27-11-6-9-14-8-5-10-16(18)22(14)27;1-2/h3-5,7-8,10,12-13,25H,2,6,9,11H2,1H3,(H,26,28,29);1-2H3/b7-3-;. The molecule has 2 aliphatic rings. The van der Waals surface area contributed by atoms with E-state index in [-0.39, 0.29) is 11.8 Å². The number of carbonyl (C=O) groups excluding carboxylic acids is 2. The van der Waals surface area contributed by atoms with E-state index in [0.717, 1.165) is 41.6 Å². The highest BCUT2D eigenvalue weighted by Crippen LogP contribution is 2.39. The van der Waals surface area contributed by atoms with Crippen LogP contribution in [-0.4, -0.2) is 21.4 Å². The van der Waals surface area contributed by atoms with Crippen molar-refractivity contribution in [3.8, 4) is 0 Å². The van der Waals surface area contributed by atoms with E-state index in [0.29, 0.717) is 16.7 Å². The molecular weight excluding hydrogens is 386 g/mol. The summed E-state index contributed by atoms with van der Waals surface area (Å²) in [6, 6.07) is 6.21. The molecule has 4 heterocycles. The zero-order valence-electron chi connectivity index (χ0n) is 18.2. The third-order valence-electron chi connectivity index (χ3n) is 5.79. The Morgan fingerprint density at radius 1 is 1.10 bits per heavy atom. The summed E-state index contributed by atoms with van der Waals surface area (Å²) in [5.74, 6) is -0.709. The smallest absolute Gasteiger partial charge is 0.259 e. The van der Waals surface area contributed by atoms with Gasteiger partial charge in [-0.3, -0.25) is 14.9 Å². The van der Waals surface area contributed by atoms with Crippen molar-refractivity contribution < 1.29 is 9.59 Å². The van der Waals surface area contributed by atoms with E-state index in [1.165, 1.54) is 11.1 Å². The second kappa shape index (κ2) is 8.26. The van der Waals surface area contributed by atoms with Crippen LogP contribution in [0.1, 0.15) is 55.1 Å². The number of para-hydroxylation sites is 1. The molecule has 5 heteroatoms. The number of aromatic nitrogens is 2. The summed E-state index contributed by atoms with van der Waals surface area (Å²) in [6.07, 6.45) is 11.5. The van der Waals surface area contributed by atoms with Crippen LogP contribution in [0.15, 0.2) is 43.2 Å². The molecule has 0 bridgehead atoms. The molecule has 158 valence electrons. The molecule has 1 aromatic carbocycles. The molecule has 0 aliphatic carbocycles. The number of hydrogen-bond acceptors (Lipinski definition) is 2. The molecule has 5 rings (SSSR count). The molecule has 2 aromatic heterocycles. The van der Waals surface area contributed by atoms with Gasteiger partial charge in [0.1, 0.15) is 0 Å². The van der Waals surface area contributed by atoms with Crippen LogP contribution in [0.5, 0.6) is 0 Å². The zero-order valence-corrected chi connectivity index (χ0v) is 18.2. The fourth-order valence-electron chi connectivity index (χ4n) is 4.60. The van der Waals surface area contributed by atoms with E-state index in [2.05, 4.69) is 27.5 Å². The lowest BCUT2D eigenvalue weighted by Gasteiger charge is -2.14. The van der Waals surface area contributed by atoms with E-state index < -0.39 is 0 Å². The van der Waals surface area contributed by atoms with Gasteiger partial charge in [0, 0.05) is 46.7 Å². The Bertz CT molecular complexity index is 1270. The van der Waals surface area contributed by atoms with E-state index >= 15 is 0 Å². The maximum Gasteiger partial charge on any atom is 0.259 e. The van der Waals surface area contributed by atoms with Gasteiger partial charge in [-0.15, -0.1) is 0 Å². The number of H-pyrrole nitrogens is 1. The number of benzene rings is 1. The van der Waals surface area contributed by atoms with Crippen molar-refractivity contribution in [3.63, 3.8) is 0 Å². The largest absolute Gasteiger partial charge is 0.361 e. The highest BCUT2D eigenvalue weighted by molar-refractivity contribution is 6.50. The Hall–Kier alpha value is -3.60. The highest BCUT2D eigenvalue weighted by atomic mass is 16.2. The topological polar surface area (TPSA) is 66.9 Å². The normalized spacial score (nSPS) is 15.5. The first-order valence-electron chi connectivity index (χ1n) is 10.8. The molecule has 2 N–H and O–H groups in total. The van der Waals surface area contributed by atoms with E-state index in [4.69, 9.17) is 0 Å². The van der Waals surface area contributed by atoms with Crippen LogP contribution < -0.4 is 5.32 Å². The number of nitrogens with zero attached hydrogens (tertiary/aromatic N) is 1. The first-order valence-corrected chi connectivity index (χ1v) is 10.8. The predicted octanol–water partition coefficient (Wildman–Crippen LogP) is 5.19. The molecule has 0 saturated carbocycles. The number of imide groups is 1. The minimum atomic E-state index is -0.364. The Morgan fingerprint density at radius 2 is 1.84 bits per heavy atom. The number of nitrogens with one attached hydrogen (secondary N) is 2. The second-order valence-electron chi connectivity index (χ2n) is 7.42. The van der Waals surface area contributed by atoms with Gasteiger partial charge >= 0.3 is 0 Å². The average Bonchev–Trinajstić information content (AvgIpc) is 3.44. The van der Waals surface area contributed by atoms with Crippen LogP contribution in [-0.2, 0) is 22.6 Å². The molecule has 0 fully saturated rings. The van der Waals surface area contributed by atoms with Crippen molar-refractivity contribution >= 4 is 46.0 Å². The molecular formula is C26H27N3O2. The minimum absolute atomic E-state index is 0.346. The fraction of sp³-hybridized carbons (Fsp3) is 0.231. The van der Waals surface area contributed by atoms with Crippen LogP contribution in [0, 0.1) is 0 Å². The molecule has 0 spiro atoms. The molecule has 2 amide bonds. The van der Waals surface area contributed by atoms with Gasteiger partial charge in [0.05, 0.1) is 16.7 Å². The summed E-state index contributed by atoms with van der Waals surface area (Å²) < 4.78 is 2.21. The number of aryl methyl sites for hydroxylation is 2. The number of rotatable bonds is 4. The Labute approximate surface area is 182 Å². The highest BCUT2D eigenvalue weighted by Gasteiger charge is 2.35. The zero-order chi connectivity index (χ0) is 22.1. The third kappa shape index (κ3) is 3.17. The van der Waals surface area contributed by atoms with Crippen LogP contribution in [0.25, 0.3) is 34.2 Å². The summed E-state index contributed by atoms with van der Waals surface area (Å²) in [4.78, 5) is 28.9. The lowest BCUT2D eigenvalue weighted by atomic mass is 9.93. The third-order valence-corrected chi connectivity index (χ3v) is 5.79. The molecule has 0 unspecified atom stereocenters. The second-order valence-corrected chi connectivity index (χ2v) is 7.42. The summed E-state index contributed by atoms with van der Waals surface area (Å²) in [5, 5.41) is 3.53. The predicted molar refractivity (Wildman–Crippen MR) is 127 cm³/mol. The lowest BCUT2D eigenvalue weighted by molar-refractivity contribution is -0.122. The SMILES string of the molecule is C=Cc1[nH]cc(C2=C(c3cn4c5c(cccc35)CCC4)C(=O)NC2=O)c1/C=C\C.CC. The van der Waals surface area contributed by atoms with E-state index in [1.807, 2.05) is 51.3 Å². The van der Waals surface area contributed by atoms with Crippen molar-refractivity contribution in [2.24, 2.45) is 0 Å². The summed E-state index contributed by atoms with van der Waals surface area (Å²) in [7, 11) is 0. The van der Waals surface area contributed by atoms with Crippen LogP contribution in [0.2, 0.25) is 0 Å². The number of carbonyl (C=O) groups is 2. The van der Waals surface area contributed by atoms with E-state index in [9.17, 15) is 9.59 Å². The van der Waals surface area contributed by atoms with Crippen molar-refractivity contribution in [1.29, 1.82) is 0 Å². The molecule has 31 heavy (non-hydrogen) atoms. The van der Waals surface area contributed by atoms with Gasteiger partial charge in [-0.05, 0) is 31.4 Å². The summed E-state index contributed by atoms with van der Waals surface area (Å²) in [6.45, 7) is 10.7. The van der Waals surface area contributed by atoms with Crippen molar-refractivity contribution in [2.75, 3.05) is 0 Å². The summed E-state index contributed by atoms with van der Waals surface area (Å²) >= 11 is 0. The van der Waals surface area contributed by atoms with Crippen LogP contribution in [0.4, 0.5) is 0 Å². The van der Waals surface area contributed by atoms with Crippen molar-refractivity contribution in [3.05, 3.63) is 71.2 Å². The maximum absolute atomic E-state index is 12.9. The molecule has 3 aromatic rings. The van der Waals surface area contributed by atoms with Gasteiger partial charge < -0.3 is 9.55 Å². The Balaban J connectivity index is 0.00000112. The van der Waals surface area contributed by atoms with Crippen molar-refractivity contribution in [1.82, 2.24) is 14.9 Å². The lowest BCUT2D eigenvalue weighted by Crippen LogP contribution is -2.22. The minimum Gasteiger partial charge on any atom is -0.361 e. The molecule has 0 radical (unpaired) electrons. The van der Waals surface area contributed by atoms with Gasteiger partial charge in [-0.1, -0.05) is 50.8 Å². The van der Waals surface area contributed by atoms with Gasteiger partial charge in [0.2, 0.25) is 0 Å². The molecule has 0 saturated heterocycles. The van der Waals surface area contributed by atoms with Crippen LogP contribution in [0.3, 0.4) is 0 Å². The van der Waals surface area contributed by atoms with Crippen LogP contribution >= 0.6 is 0 Å². The fourth-order valence-corrected chi connectivity index (χ4v) is 4.60. The summed E-state index contributed by atoms with van der Waals surface area (Å²) in [5.41, 5.74) is 6.51.